The van der Waals surface area contributed by atoms with E-state index in [1.54, 1.807) is 35.8 Å². The average Bonchev–Trinajstić information content (AvgIpc) is 3.23. The molecule has 0 fully saturated rings. The Balaban J connectivity index is 1.64. The monoisotopic (exact) mass is 454 g/mol. The van der Waals surface area contributed by atoms with E-state index in [-0.39, 0.29) is 22.2 Å². The SMILES string of the molecule is O=c1c2ccccc2nc(SCc2cc(=O)n3ccsc3n2)n1-c1ccc(F)cc1F. The maximum atomic E-state index is 14.6. The number of para-hydroxylation sites is 1. The summed E-state index contributed by atoms with van der Waals surface area (Å²) in [5.74, 6) is -1.39. The maximum absolute atomic E-state index is 14.6. The van der Waals surface area contributed by atoms with E-state index in [1.165, 1.54) is 27.9 Å². The van der Waals surface area contributed by atoms with Crippen LogP contribution in [0.15, 0.2) is 74.9 Å². The first-order chi connectivity index (χ1) is 15.0. The highest BCUT2D eigenvalue weighted by Crippen LogP contribution is 2.25. The van der Waals surface area contributed by atoms with Gasteiger partial charge >= 0.3 is 0 Å². The number of hydrogen-bond acceptors (Lipinski definition) is 6. The van der Waals surface area contributed by atoms with E-state index in [4.69, 9.17) is 0 Å². The number of fused-ring (bicyclic) bond motifs is 2. The summed E-state index contributed by atoms with van der Waals surface area (Å²) in [6.45, 7) is 0. The summed E-state index contributed by atoms with van der Waals surface area (Å²) in [6.07, 6.45) is 1.64. The van der Waals surface area contributed by atoms with Crippen LogP contribution in [0.25, 0.3) is 21.6 Å². The molecular formula is C21H12F2N4O2S2. The van der Waals surface area contributed by atoms with Crippen LogP contribution in [0, 0.1) is 11.6 Å². The van der Waals surface area contributed by atoms with Crippen LogP contribution in [0.1, 0.15) is 5.69 Å². The second-order valence-corrected chi connectivity index (χ2v) is 8.39. The van der Waals surface area contributed by atoms with E-state index in [9.17, 15) is 18.4 Å². The van der Waals surface area contributed by atoms with E-state index in [0.29, 0.717) is 21.6 Å². The Morgan fingerprint density at radius 1 is 1.03 bits per heavy atom. The van der Waals surface area contributed by atoms with Gasteiger partial charge in [-0.15, -0.1) is 11.3 Å². The highest BCUT2D eigenvalue weighted by molar-refractivity contribution is 7.98. The van der Waals surface area contributed by atoms with E-state index in [2.05, 4.69) is 9.97 Å². The average molecular weight is 454 g/mol. The fourth-order valence-electron chi connectivity index (χ4n) is 3.18. The summed E-state index contributed by atoms with van der Waals surface area (Å²) in [7, 11) is 0. The molecule has 5 rings (SSSR count). The van der Waals surface area contributed by atoms with Gasteiger partial charge < -0.3 is 0 Å². The lowest BCUT2D eigenvalue weighted by molar-refractivity contribution is 0.572. The van der Waals surface area contributed by atoms with Crippen molar-refractivity contribution in [1.82, 2.24) is 18.9 Å². The number of thiazole rings is 1. The molecular weight excluding hydrogens is 442 g/mol. The number of hydrogen-bond donors (Lipinski definition) is 0. The molecule has 6 nitrogen and oxygen atoms in total. The summed E-state index contributed by atoms with van der Waals surface area (Å²) in [4.78, 5) is 34.9. The summed E-state index contributed by atoms with van der Waals surface area (Å²) >= 11 is 2.47. The second-order valence-electron chi connectivity index (χ2n) is 6.58. The van der Waals surface area contributed by atoms with Gasteiger partial charge in [0.05, 0.1) is 22.3 Å². The number of rotatable bonds is 4. The number of benzene rings is 2. The first kappa shape index (κ1) is 19.6. The van der Waals surface area contributed by atoms with Crippen LogP contribution < -0.4 is 11.1 Å². The molecule has 2 aromatic carbocycles. The lowest BCUT2D eigenvalue weighted by atomic mass is 10.2. The molecule has 3 heterocycles. The van der Waals surface area contributed by atoms with E-state index in [1.807, 2.05) is 0 Å². The molecule has 0 amide bonds. The van der Waals surface area contributed by atoms with Gasteiger partial charge in [0.15, 0.2) is 10.1 Å². The zero-order valence-corrected chi connectivity index (χ0v) is 17.3. The molecule has 0 bridgehead atoms. The Morgan fingerprint density at radius 2 is 1.87 bits per heavy atom. The highest BCUT2D eigenvalue weighted by atomic mass is 32.2. The Kier molecular flexibility index (Phi) is 4.87. The summed E-state index contributed by atoms with van der Waals surface area (Å²) < 4.78 is 30.6. The van der Waals surface area contributed by atoms with Gasteiger partial charge in [0.1, 0.15) is 11.6 Å². The summed E-state index contributed by atoms with van der Waals surface area (Å²) in [5, 5.41) is 2.29. The largest absolute Gasteiger partial charge is 0.269 e. The molecule has 0 aliphatic rings. The molecule has 0 saturated heterocycles. The lowest BCUT2D eigenvalue weighted by Crippen LogP contribution is -2.23. The summed E-state index contributed by atoms with van der Waals surface area (Å²) in [6, 6.07) is 11.2. The van der Waals surface area contributed by atoms with Gasteiger partial charge in [-0.3, -0.25) is 18.6 Å². The van der Waals surface area contributed by atoms with Crippen molar-refractivity contribution in [2.45, 2.75) is 10.9 Å². The van der Waals surface area contributed by atoms with Gasteiger partial charge in [-0.1, -0.05) is 23.9 Å². The molecule has 0 aliphatic heterocycles. The van der Waals surface area contributed by atoms with Gasteiger partial charge in [0.2, 0.25) is 0 Å². The van der Waals surface area contributed by atoms with E-state index in [0.717, 1.165) is 28.5 Å². The molecule has 0 saturated carbocycles. The second kappa shape index (κ2) is 7.71. The Bertz CT molecular complexity index is 1580. The van der Waals surface area contributed by atoms with Crippen LogP contribution in [0.3, 0.4) is 0 Å². The third-order valence-corrected chi connectivity index (χ3v) is 6.33. The van der Waals surface area contributed by atoms with Crippen molar-refractivity contribution in [3.8, 4) is 5.69 Å². The Hall–Kier alpha value is -3.37. The fourth-order valence-corrected chi connectivity index (χ4v) is 4.82. The van der Waals surface area contributed by atoms with Gasteiger partial charge in [-0.05, 0) is 24.3 Å². The van der Waals surface area contributed by atoms with Crippen LogP contribution in [0.2, 0.25) is 0 Å². The first-order valence-electron chi connectivity index (χ1n) is 9.07. The minimum Gasteiger partial charge on any atom is -0.269 e. The molecule has 0 unspecified atom stereocenters. The highest BCUT2D eigenvalue weighted by Gasteiger charge is 2.17. The zero-order valence-electron chi connectivity index (χ0n) is 15.7. The Morgan fingerprint density at radius 3 is 2.71 bits per heavy atom. The maximum Gasteiger partial charge on any atom is 0.266 e. The molecule has 31 heavy (non-hydrogen) atoms. The van der Waals surface area contributed by atoms with Crippen LogP contribution in [0.5, 0.6) is 0 Å². The third kappa shape index (κ3) is 3.53. The zero-order chi connectivity index (χ0) is 21.5. The number of thioether (sulfide) groups is 1. The van der Waals surface area contributed by atoms with E-state index >= 15 is 0 Å². The number of nitrogens with zero attached hydrogens (tertiary/aromatic N) is 4. The quantitative estimate of drug-likeness (QED) is 0.303. The standard InChI is InChI=1S/C21H12F2N4O2S2/c22-12-5-6-17(15(23)9-12)27-19(29)14-3-1-2-4-16(14)25-21(27)31-11-13-10-18(28)26-7-8-30-20(26)24-13/h1-10H,11H2. The molecule has 0 radical (unpaired) electrons. The molecule has 154 valence electrons. The Labute approximate surface area is 181 Å². The third-order valence-electron chi connectivity index (χ3n) is 4.60. The number of aromatic nitrogens is 4. The van der Waals surface area contributed by atoms with Gasteiger partial charge in [-0.2, -0.15) is 0 Å². The molecule has 10 heteroatoms. The molecule has 0 N–H and O–H groups in total. The van der Waals surface area contributed by atoms with Gasteiger partial charge in [0, 0.05) is 29.5 Å². The van der Waals surface area contributed by atoms with E-state index < -0.39 is 17.2 Å². The summed E-state index contributed by atoms with van der Waals surface area (Å²) in [5.41, 5.74) is 0.172. The molecule has 0 spiro atoms. The molecule has 0 atom stereocenters. The minimum absolute atomic E-state index is 0.103. The molecule has 5 aromatic rings. The van der Waals surface area contributed by atoms with Crippen molar-refractivity contribution in [2.75, 3.05) is 0 Å². The van der Waals surface area contributed by atoms with Crippen LogP contribution in [-0.2, 0) is 5.75 Å². The van der Waals surface area contributed by atoms with Crippen LogP contribution in [0.4, 0.5) is 8.78 Å². The molecule has 0 aliphatic carbocycles. The number of halogens is 2. The van der Waals surface area contributed by atoms with Crippen molar-refractivity contribution in [3.05, 3.63) is 98.1 Å². The topological polar surface area (TPSA) is 69.3 Å². The van der Waals surface area contributed by atoms with Crippen LogP contribution in [-0.4, -0.2) is 18.9 Å². The first-order valence-corrected chi connectivity index (χ1v) is 10.9. The van der Waals surface area contributed by atoms with Crippen molar-refractivity contribution in [2.24, 2.45) is 0 Å². The van der Waals surface area contributed by atoms with Gasteiger partial charge in [0.25, 0.3) is 11.1 Å². The van der Waals surface area contributed by atoms with Crippen LogP contribution >= 0.6 is 23.1 Å². The predicted molar refractivity (Wildman–Crippen MR) is 116 cm³/mol. The van der Waals surface area contributed by atoms with Gasteiger partial charge in [-0.25, -0.2) is 18.7 Å². The molecule has 3 aromatic heterocycles. The van der Waals surface area contributed by atoms with Crippen molar-refractivity contribution in [3.63, 3.8) is 0 Å². The smallest absolute Gasteiger partial charge is 0.266 e. The minimum atomic E-state index is -0.877. The van der Waals surface area contributed by atoms with Crippen molar-refractivity contribution < 1.29 is 8.78 Å². The fraction of sp³-hybridized carbons (Fsp3) is 0.0476. The van der Waals surface area contributed by atoms with Crippen molar-refractivity contribution >= 4 is 39.0 Å². The lowest BCUT2D eigenvalue weighted by Gasteiger charge is -2.14. The van der Waals surface area contributed by atoms with Crippen molar-refractivity contribution in [1.29, 1.82) is 0 Å². The predicted octanol–water partition coefficient (Wildman–Crippen LogP) is 4.03. The normalized spacial score (nSPS) is 11.4.